The average Bonchev–Trinajstić information content (AvgIpc) is 2.45. The van der Waals surface area contributed by atoms with Crippen molar-refractivity contribution >= 4 is 11.3 Å². The SMILES string of the molecule is Nc1c(O)ccc2cnnn12. The topological polar surface area (TPSA) is 76.4 Å². The first-order valence-corrected chi connectivity index (χ1v) is 3.07. The van der Waals surface area contributed by atoms with Crippen LogP contribution in [0.2, 0.25) is 0 Å². The van der Waals surface area contributed by atoms with Gasteiger partial charge in [-0.3, -0.25) is 0 Å². The number of hydrogen-bond donors (Lipinski definition) is 2. The van der Waals surface area contributed by atoms with E-state index in [4.69, 9.17) is 10.8 Å². The van der Waals surface area contributed by atoms with Crippen molar-refractivity contribution in [1.29, 1.82) is 0 Å². The molecule has 56 valence electrons. The van der Waals surface area contributed by atoms with Crippen LogP contribution in [-0.2, 0) is 0 Å². The summed E-state index contributed by atoms with van der Waals surface area (Å²) in [7, 11) is 0. The number of anilines is 1. The number of hydrogen-bond acceptors (Lipinski definition) is 4. The lowest BCUT2D eigenvalue weighted by atomic mass is 10.4. The molecule has 0 aliphatic heterocycles. The molecule has 2 aromatic rings. The maximum absolute atomic E-state index is 9.12. The number of nitrogens with zero attached hydrogens (tertiary/aromatic N) is 3. The molecule has 2 aromatic heterocycles. The van der Waals surface area contributed by atoms with E-state index >= 15 is 0 Å². The highest BCUT2D eigenvalue weighted by molar-refractivity contribution is 5.56. The van der Waals surface area contributed by atoms with Crippen molar-refractivity contribution in [3.05, 3.63) is 18.3 Å². The van der Waals surface area contributed by atoms with E-state index in [2.05, 4.69) is 10.3 Å². The second-order valence-corrected chi connectivity index (χ2v) is 2.17. The quantitative estimate of drug-likeness (QED) is 0.555. The van der Waals surface area contributed by atoms with Crippen molar-refractivity contribution in [3.8, 4) is 5.75 Å². The molecule has 0 amide bonds. The van der Waals surface area contributed by atoms with Gasteiger partial charge in [-0.2, -0.15) is 4.52 Å². The minimum atomic E-state index is 0.0167. The monoisotopic (exact) mass is 150 g/mol. The highest BCUT2D eigenvalue weighted by Crippen LogP contribution is 2.19. The van der Waals surface area contributed by atoms with Gasteiger partial charge in [-0.15, -0.1) is 5.10 Å². The number of fused-ring (bicyclic) bond motifs is 1. The molecule has 2 heterocycles. The lowest BCUT2D eigenvalue weighted by molar-refractivity contribution is 0.474. The molecule has 0 atom stereocenters. The molecule has 0 aliphatic rings. The van der Waals surface area contributed by atoms with Gasteiger partial charge in [0.25, 0.3) is 0 Å². The zero-order valence-electron chi connectivity index (χ0n) is 5.60. The molecule has 2 rings (SSSR count). The van der Waals surface area contributed by atoms with E-state index in [0.29, 0.717) is 0 Å². The molecule has 0 aliphatic carbocycles. The predicted molar refractivity (Wildman–Crippen MR) is 39.1 cm³/mol. The van der Waals surface area contributed by atoms with Crippen molar-refractivity contribution in [3.63, 3.8) is 0 Å². The molecule has 0 spiro atoms. The summed E-state index contributed by atoms with van der Waals surface area (Å²) in [6.07, 6.45) is 1.57. The third-order valence-corrected chi connectivity index (χ3v) is 1.48. The molecular formula is C6H6N4O. The van der Waals surface area contributed by atoms with E-state index in [9.17, 15) is 0 Å². The second kappa shape index (κ2) is 1.85. The van der Waals surface area contributed by atoms with Crippen LogP contribution in [0.3, 0.4) is 0 Å². The number of nitrogens with two attached hydrogens (primary N) is 1. The number of aromatic hydroxyl groups is 1. The fourth-order valence-electron chi connectivity index (χ4n) is 0.902. The summed E-state index contributed by atoms with van der Waals surface area (Å²) < 4.78 is 1.37. The standard InChI is InChI=1S/C6H6N4O/c7-6-5(11)2-1-4-3-8-9-10(4)6/h1-3,11H,7H2. The number of pyridine rings is 1. The largest absolute Gasteiger partial charge is 0.504 e. The summed E-state index contributed by atoms with van der Waals surface area (Å²) in [5, 5.41) is 16.4. The van der Waals surface area contributed by atoms with Crippen LogP contribution in [0.5, 0.6) is 5.75 Å². The van der Waals surface area contributed by atoms with Crippen molar-refractivity contribution in [2.75, 3.05) is 5.73 Å². The van der Waals surface area contributed by atoms with Gasteiger partial charge < -0.3 is 10.8 Å². The van der Waals surface area contributed by atoms with Crippen LogP contribution >= 0.6 is 0 Å². The Balaban J connectivity index is 2.93. The number of nitrogen functional groups attached to an aromatic ring is 1. The molecule has 0 saturated heterocycles. The molecule has 5 heteroatoms. The number of rotatable bonds is 0. The number of aromatic nitrogens is 3. The van der Waals surface area contributed by atoms with Crippen LogP contribution in [-0.4, -0.2) is 19.9 Å². The van der Waals surface area contributed by atoms with Gasteiger partial charge in [0, 0.05) is 0 Å². The van der Waals surface area contributed by atoms with Crippen molar-refractivity contribution in [2.24, 2.45) is 0 Å². The first-order chi connectivity index (χ1) is 5.29. The van der Waals surface area contributed by atoms with E-state index in [1.165, 1.54) is 10.6 Å². The van der Waals surface area contributed by atoms with Crippen LogP contribution in [0.15, 0.2) is 18.3 Å². The van der Waals surface area contributed by atoms with Crippen molar-refractivity contribution in [2.45, 2.75) is 0 Å². The van der Waals surface area contributed by atoms with Crippen LogP contribution in [0, 0.1) is 0 Å². The summed E-state index contributed by atoms with van der Waals surface area (Å²) in [5.74, 6) is 0.225. The summed E-state index contributed by atoms with van der Waals surface area (Å²) >= 11 is 0. The van der Waals surface area contributed by atoms with Crippen molar-refractivity contribution < 1.29 is 5.11 Å². The average molecular weight is 150 g/mol. The van der Waals surface area contributed by atoms with Gasteiger partial charge in [0.1, 0.15) is 0 Å². The van der Waals surface area contributed by atoms with Crippen LogP contribution in [0.25, 0.3) is 5.52 Å². The smallest absolute Gasteiger partial charge is 0.169 e. The van der Waals surface area contributed by atoms with Crippen LogP contribution in [0.4, 0.5) is 5.82 Å². The maximum Gasteiger partial charge on any atom is 0.169 e. The minimum absolute atomic E-state index is 0.0167. The lowest BCUT2D eigenvalue weighted by Crippen LogP contribution is -1.97. The molecular weight excluding hydrogens is 144 g/mol. The molecule has 3 N–H and O–H groups in total. The molecule has 0 radical (unpaired) electrons. The van der Waals surface area contributed by atoms with Gasteiger partial charge in [-0.1, -0.05) is 5.21 Å². The van der Waals surface area contributed by atoms with Crippen LogP contribution in [0.1, 0.15) is 0 Å². The summed E-state index contributed by atoms with van der Waals surface area (Å²) in [6, 6.07) is 3.19. The zero-order chi connectivity index (χ0) is 7.84. The molecule has 5 nitrogen and oxygen atoms in total. The van der Waals surface area contributed by atoms with Gasteiger partial charge in [-0.25, -0.2) is 0 Å². The van der Waals surface area contributed by atoms with Crippen LogP contribution < -0.4 is 5.73 Å². The Hall–Kier alpha value is -1.78. The Morgan fingerprint density at radius 3 is 3.09 bits per heavy atom. The Bertz CT molecular complexity index is 394. The lowest BCUT2D eigenvalue weighted by Gasteiger charge is -1.98. The predicted octanol–water partition coefficient (Wildman–Crippen LogP) is 0.0171. The first-order valence-electron chi connectivity index (χ1n) is 3.07. The minimum Gasteiger partial charge on any atom is -0.504 e. The molecule has 0 saturated carbocycles. The van der Waals surface area contributed by atoms with E-state index < -0.39 is 0 Å². The van der Waals surface area contributed by atoms with Crippen molar-refractivity contribution in [1.82, 2.24) is 14.8 Å². The Morgan fingerprint density at radius 2 is 2.27 bits per heavy atom. The highest BCUT2D eigenvalue weighted by Gasteiger charge is 2.02. The maximum atomic E-state index is 9.12. The normalized spacial score (nSPS) is 10.5. The molecule has 0 unspecified atom stereocenters. The fraction of sp³-hybridized carbons (Fsp3) is 0. The van der Waals surface area contributed by atoms with E-state index in [1.54, 1.807) is 12.3 Å². The summed E-state index contributed by atoms with van der Waals surface area (Å²) in [5.41, 5.74) is 6.24. The second-order valence-electron chi connectivity index (χ2n) is 2.17. The molecule has 0 aromatic carbocycles. The van der Waals surface area contributed by atoms with E-state index in [1.807, 2.05) is 0 Å². The van der Waals surface area contributed by atoms with Gasteiger partial charge in [-0.05, 0) is 12.1 Å². The summed E-state index contributed by atoms with van der Waals surface area (Å²) in [4.78, 5) is 0. The Kier molecular flexibility index (Phi) is 1.00. The first kappa shape index (κ1) is 5.96. The van der Waals surface area contributed by atoms with Gasteiger partial charge in [0.2, 0.25) is 0 Å². The Labute approximate surface area is 62.1 Å². The van der Waals surface area contributed by atoms with Gasteiger partial charge >= 0.3 is 0 Å². The fourth-order valence-corrected chi connectivity index (χ4v) is 0.902. The third kappa shape index (κ3) is 0.706. The molecule has 0 bridgehead atoms. The zero-order valence-corrected chi connectivity index (χ0v) is 5.60. The van der Waals surface area contributed by atoms with Gasteiger partial charge in [0.15, 0.2) is 11.6 Å². The molecule has 0 fully saturated rings. The van der Waals surface area contributed by atoms with Gasteiger partial charge in [0.05, 0.1) is 11.7 Å². The summed E-state index contributed by atoms with van der Waals surface area (Å²) in [6.45, 7) is 0. The Morgan fingerprint density at radius 1 is 1.45 bits per heavy atom. The molecule has 11 heavy (non-hydrogen) atoms. The van der Waals surface area contributed by atoms with E-state index in [0.717, 1.165) is 5.52 Å². The highest BCUT2D eigenvalue weighted by atomic mass is 16.3. The third-order valence-electron chi connectivity index (χ3n) is 1.48. The van der Waals surface area contributed by atoms with E-state index in [-0.39, 0.29) is 11.6 Å².